The second-order valence-electron chi connectivity index (χ2n) is 3.65. The standard InChI is InChI=1S/C8H7NO2.C5H10O.C2H6.V/c10-5-1-2-7-3-4-8(11)6-9-7;1-6-5-3-2-4-5;1-2;/h3-4,6,10-11H,5H2;5H,2-4H2,1H3;1-2H3;. The molecule has 1 heterocycles. The molecule has 20 heavy (non-hydrogen) atoms. The number of aromatic hydroxyl groups is 1. The van der Waals surface area contributed by atoms with Crippen LogP contribution >= 0.6 is 0 Å². The van der Waals surface area contributed by atoms with Gasteiger partial charge >= 0.3 is 0 Å². The molecule has 1 aliphatic rings. The number of nitrogens with zero attached hydrogens (tertiary/aromatic N) is 1. The van der Waals surface area contributed by atoms with Crippen LogP contribution in [0.25, 0.3) is 0 Å². The molecule has 111 valence electrons. The first kappa shape index (κ1) is 21.3. The third-order valence-corrected chi connectivity index (χ3v) is 2.43. The number of hydrogen-bond acceptors (Lipinski definition) is 4. The Morgan fingerprint density at radius 2 is 2.00 bits per heavy atom. The van der Waals surface area contributed by atoms with Crippen molar-refractivity contribution in [3.8, 4) is 17.6 Å². The van der Waals surface area contributed by atoms with E-state index in [4.69, 9.17) is 14.9 Å². The van der Waals surface area contributed by atoms with Gasteiger partial charge in [0.1, 0.15) is 18.1 Å². The predicted molar refractivity (Wildman–Crippen MR) is 75.9 cm³/mol. The van der Waals surface area contributed by atoms with E-state index in [1.807, 2.05) is 13.8 Å². The van der Waals surface area contributed by atoms with Gasteiger partial charge in [0.25, 0.3) is 0 Å². The summed E-state index contributed by atoms with van der Waals surface area (Å²) in [5.41, 5.74) is 0.539. The van der Waals surface area contributed by atoms with Gasteiger partial charge in [0.15, 0.2) is 0 Å². The van der Waals surface area contributed by atoms with E-state index in [1.54, 1.807) is 13.2 Å². The fraction of sp³-hybridized carbons (Fsp3) is 0.533. The molecule has 2 N–H and O–H groups in total. The van der Waals surface area contributed by atoms with Crippen molar-refractivity contribution in [1.29, 1.82) is 0 Å². The molecule has 1 aromatic rings. The van der Waals surface area contributed by atoms with E-state index >= 15 is 0 Å². The molecular formula is C15H23NO3V. The summed E-state index contributed by atoms with van der Waals surface area (Å²) in [6.45, 7) is 3.82. The zero-order chi connectivity index (χ0) is 14.5. The van der Waals surface area contributed by atoms with E-state index in [2.05, 4.69) is 16.8 Å². The summed E-state index contributed by atoms with van der Waals surface area (Å²) in [7, 11) is 1.78. The minimum atomic E-state index is -0.178. The second-order valence-corrected chi connectivity index (χ2v) is 3.65. The summed E-state index contributed by atoms with van der Waals surface area (Å²) in [4.78, 5) is 3.78. The minimum Gasteiger partial charge on any atom is -0.506 e. The van der Waals surface area contributed by atoms with E-state index in [0.717, 1.165) is 0 Å². The molecule has 2 rings (SSSR count). The molecule has 1 aliphatic carbocycles. The molecule has 4 nitrogen and oxygen atoms in total. The maximum atomic E-state index is 8.82. The summed E-state index contributed by atoms with van der Waals surface area (Å²) in [5.74, 6) is 5.16. The second kappa shape index (κ2) is 14.4. The van der Waals surface area contributed by atoms with Gasteiger partial charge in [-0.15, -0.1) is 0 Å². The number of aliphatic hydroxyl groups is 1. The van der Waals surface area contributed by atoms with Gasteiger partial charge in [-0.2, -0.15) is 0 Å². The van der Waals surface area contributed by atoms with Gasteiger partial charge in [0, 0.05) is 25.7 Å². The van der Waals surface area contributed by atoms with Crippen molar-refractivity contribution in [2.24, 2.45) is 0 Å². The number of pyridine rings is 1. The molecule has 0 aromatic carbocycles. The minimum absolute atomic E-state index is 0. The summed E-state index contributed by atoms with van der Waals surface area (Å²) in [6.07, 6.45) is 5.87. The molecule has 0 atom stereocenters. The van der Waals surface area contributed by atoms with E-state index in [9.17, 15) is 0 Å². The Kier molecular flexibility index (Phi) is 15.4. The summed E-state index contributed by atoms with van der Waals surface area (Å²) < 4.78 is 4.99. The van der Waals surface area contributed by atoms with Crippen LogP contribution < -0.4 is 0 Å². The fourth-order valence-electron chi connectivity index (χ4n) is 1.20. The molecule has 0 unspecified atom stereocenters. The molecule has 0 bridgehead atoms. The van der Waals surface area contributed by atoms with Crippen molar-refractivity contribution in [1.82, 2.24) is 4.98 Å². The maximum Gasteiger partial charge on any atom is 0.133 e. The van der Waals surface area contributed by atoms with Crippen molar-refractivity contribution in [3.05, 3.63) is 24.0 Å². The van der Waals surface area contributed by atoms with Gasteiger partial charge in [-0.05, 0) is 37.3 Å². The molecule has 1 radical (unpaired) electrons. The van der Waals surface area contributed by atoms with Crippen LogP contribution in [0.2, 0.25) is 0 Å². The smallest absolute Gasteiger partial charge is 0.133 e. The molecule has 0 saturated heterocycles. The van der Waals surface area contributed by atoms with Crippen LogP contribution in [0.5, 0.6) is 5.75 Å². The molecule has 1 saturated carbocycles. The molecule has 1 fully saturated rings. The quantitative estimate of drug-likeness (QED) is 0.781. The van der Waals surface area contributed by atoms with Crippen molar-refractivity contribution in [2.45, 2.75) is 39.2 Å². The monoisotopic (exact) mass is 316 g/mol. The fourth-order valence-corrected chi connectivity index (χ4v) is 1.20. The first-order chi connectivity index (χ1) is 9.26. The summed E-state index contributed by atoms with van der Waals surface area (Å²) in [5, 5.41) is 17.2. The van der Waals surface area contributed by atoms with Crippen LogP contribution in [-0.2, 0) is 23.3 Å². The third-order valence-electron chi connectivity index (χ3n) is 2.43. The molecule has 0 spiro atoms. The Labute approximate surface area is 133 Å². The topological polar surface area (TPSA) is 62.6 Å². The van der Waals surface area contributed by atoms with E-state index < -0.39 is 0 Å². The van der Waals surface area contributed by atoms with Crippen LogP contribution in [0.3, 0.4) is 0 Å². The molecule has 0 aliphatic heterocycles. The predicted octanol–water partition coefficient (Wildman–Crippen LogP) is 2.34. The van der Waals surface area contributed by atoms with Gasteiger partial charge in [-0.3, -0.25) is 0 Å². The van der Waals surface area contributed by atoms with Crippen LogP contribution in [-0.4, -0.2) is 35.0 Å². The Morgan fingerprint density at radius 1 is 1.35 bits per heavy atom. The van der Waals surface area contributed by atoms with Crippen LogP contribution in [0, 0.1) is 11.8 Å². The normalized spacial score (nSPS) is 12.0. The van der Waals surface area contributed by atoms with E-state index in [1.165, 1.54) is 31.5 Å². The first-order valence-corrected chi connectivity index (χ1v) is 6.53. The Balaban J connectivity index is 0. The van der Waals surface area contributed by atoms with Gasteiger partial charge in [0.05, 0.1) is 12.3 Å². The first-order valence-electron chi connectivity index (χ1n) is 6.53. The Bertz CT molecular complexity index is 378. The van der Waals surface area contributed by atoms with E-state index in [-0.39, 0.29) is 30.9 Å². The Morgan fingerprint density at radius 3 is 2.30 bits per heavy atom. The number of aromatic nitrogens is 1. The van der Waals surface area contributed by atoms with Gasteiger partial charge in [-0.25, -0.2) is 4.98 Å². The van der Waals surface area contributed by atoms with Gasteiger partial charge in [-0.1, -0.05) is 19.8 Å². The average molecular weight is 316 g/mol. The number of ether oxygens (including phenoxy) is 1. The molecule has 5 heteroatoms. The van der Waals surface area contributed by atoms with Crippen molar-refractivity contribution in [3.63, 3.8) is 0 Å². The third kappa shape index (κ3) is 9.88. The number of aliphatic hydroxyl groups excluding tert-OH is 1. The summed E-state index contributed by atoms with van der Waals surface area (Å²) in [6, 6.07) is 3.08. The number of rotatable bonds is 1. The van der Waals surface area contributed by atoms with Crippen molar-refractivity contribution >= 4 is 0 Å². The van der Waals surface area contributed by atoms with Crippen LogP contribution in [0.4, 0.5) is 0 Å². The Hall–Kier alpha value is -0.986. The molecule has 0 amide bonds. The van der Waals surface area contributed by atoms with Crippen LogP contribution in [0.15, 0.2) is 18.3 Å². The largest absolute Gasteiger partial charge is 0.506 e. The number of hydrogen-bond donors (Lipinski definition) is 2. The van der Waals surface area contributed by atoms with Gasteiger partial charge < -0.3 is 14.9 Å². The number of methoxy groups -OCH3 is 1. The molecular weight excluding hydrogens is 293 g/mol. The SMILES string of the molecule is CC.COC1CCC1.OCC#Cc1ccc(O)cn1.[V]. The summed E-state index contributed by atoms with van der Waals surface area (Å²) >= 11 is 0. The van der Waals surface area contributed by atoms with E-state index in [0.29, 0.717) is 11.8 Å². The van der Waals surface area contributed by atoms with Crippen molar-refractivity contribution in [2.75, 3.05) is 13.7 Å². The molecule has 1 aromatic heterocycles. The zero-order valence-corrected chi connectivity index (χ0v) is 13.7. The maximum absolute atomic E-state index is 8.82. The van der Waals surface area contributed by atoms with Crippen LogP contribution in [0.1, 0.15) is 38.8 Å². The van der Waals surface area contributed by atoms with Crippen molar-refractivity contribution < 1.29 is 33.5 Å². The van der Waals surface area contributed by atoms with Gasteiger partial charge in [0.2, 0.25) is 0 Å². The zero-order valence-electron chi connectivity index (χ0n) is 12.3. The average Bonchev–Trinajstić information content (AvgIpc) is 2.40.